The van der Waals surface area contributed by atoms with E-state index in [-0.39, 0.29) is 0 Å². The van der Waals surface area contributed by atoms with Gasteiger partial charge in [0.2, 0.25) is 4.77 Å². The van der Waals surface area contributed by atoms with Crippen molar-refractivity contribution in [1.82, 2.24) is 15.2 Å². The highest BCUT2D eigenvalue weighted by Crippen LogP contribution is 2.37. The number of H-pyrrole nitrogens is 2. The van der Waals surface area contributed by atoms with Crippen LogP contribution in [0.4, 0.5) is 0 Å². The van der Waals surface area contributed by atoms with Crippen molar-refractivity contribution in [2.24, 2.45) is 0 Å². The van der Waals surface area contributed by atoms with E-state index in [9.17, 15) is 0 Å². The summed E-state index contributed by atoms with van der Waals surface area (Å²) in [5.74, 6) is 1.35. The first-order chi connectivity index (χ1) is 6.84. The normalized spacial score (nSPS) is 18.7. The molecule has 14 heavy (non-hydrogen) atoms. The van der Waals surface area contributed by atoms with Gasteiger partial charge in [-0.05, 0) is 29.8 Å². The first-order valence-electron chi connectivity index (χ1n) is 4.57. The van der Waals surface area contributed by atoms with Crippen LogP contribution in [0.2, 0.25) is 0 Å². The maximum absolute atomic E-state index is 4.92. The number of hydrogen-bond donors (Lipinski definition) is 2. The van der Waals surface area contributed by atoms with E-state index in [0.717, 1.165) is 12.2 Å². The Balaban J connectivity index is 2.03. The summed E-state index contributed by atoms with van der Waals surface area (Å²) in [6, 6.07) is 8.44. The van der Waals surface area contributed by atoms with Crippen LogP contribution in [0.3, 0.4) is 0 Å². The highest BCUT2D eigenvalue weighted by Gasteiger charge is 2.28. The Hall–Kier alpha value is -1.42. The van der Waals surface area contributed by atoms with Crippen LogP contribution in [0.25, 0.3) is 0 Å². The predicted octanol–water partition coefficient (Wildman–Crippen LogP) is 2.16. The van der Waals surface area contributed by atoms with Crippen LogP contribution in [0.5, 0.6) is 0 Å². The molecule has 0 fully saturated rings. The van der Waals surface area contributed by atoms with Gasteiger partial charge in [-0.3, -0.25) is 10.2 Å². The average Bonchev–Trinajstić information content (AvgIpc) is 2.54. The van der Waals surface area contributed by atoms with Crippen molar-refractivity contribution in [2.45, 2.75) is 12.3 Å². The summed E-state index contributed by atoms with van der Waals surface area (Å²) in [6.07, 6.45) is 1.06. The molecule has 4 heteroatoms. The van der Waals surface area contributed by atoms with Gasteiger partial charge in [0.15, 0.2) is 0 Å². The lowest BCUT2D eigenvalue weighted by Crippen LogP contribution is -2.19. The molecule has 2 aromatic rings. The summed E-state index contributed by atoms with van der Waals surface area (Å²) in [7, 11) is 0. The van der Waals surface area contributed by atoms with E-state index < -0.39 is 0 Å². The van der Waals surface area contributed by atoms with Gasteiger partial charge in [0, 0.05) is 5.92 Å². The van der Waals surface area contributed by atoms with E-state index in [4.69, 9.17) is 12.2 Å². The van der Waals surface area contributed by atoms with Crippen LogP contribution >= 0.6 is 12.2 Å². The molecule has 3 nitrogen and oxygen atoms in total. The molecule has 1 aromatic heterocycles. The van der Waals surface area contributed by atoms with Gasteiger partial charge in [0.05, 0.1) is 0 Å². The number of hydrogen-bond acceptors (Lipinski definition) is 2. The average molecular weight is 203 g/mol. The number of nitrogens with one attached hydrogen (secondary N) is 2. The number of benzene rings is 1. The molecule has 1 atom stereocenters. The van der Waals surface area contributed by atoms with Gasteiger partial charge in [-0.1, -0.05) is 24.3 Å². The molecule has 0 saturated heterocycles. The zero-order valence-corrected chi connectivity index (χ0v) is 8.27. The third kappa shape index (κ3) is 1.04. The van der Waals surface area contributed by atoms with Crippen molar-refractivity contribution in [3.8, 4) is 0 Å². The topological polar surface area (TPSA) is 44.5 Å². The first-order valence-corrected chi connectivity index (χ1v) is 4.98. The summed E-state index contributed by atoms with van der Waals surface area (Å²) in [6.45, 7) is 0. The van der Waals surface area contributed by atoms with Gasteiger partial charge in [-0.2, -0.15) is 0 Å². The third-order valence-electron chi connectivity index (χ3n) is 2.70. The van der Waals surface area contributed by atoms with Crippen molar-refractivity contribution in [3.63, 3.8) is 0 Å². The third-order valence-corrected chi connectivity index (χ3v) is 2.90. The van der Waals surface area contributed by atoms with E-state index >= 15 is 0 Å². The Morgan fingerprint density at radius 3 is 2.86 bits per heavy atom. The van der Waals surface area contributed by atoms with Crippen molar-refractivity contribution in [1.29, 1.82) is 0 Å². The quantitative estimate of drug-likeness (QED) is 0.697. The van der Waals surface area contributed by atoms with Crippen molar-refractivity contribution in [3.05, 3.63) is 46.0 Å². The lowest BCUT2D eigenvalue weighted by atomic mass is 9.77. The highest BCUT2D eigenvalue weighted by atomic mass is 32.1. The highest BCUT2D eigenvalue weighted by molar-refractivity contribution is 7.71. The molecule has 0 radical (unpaired) electrons. The Labute approximate surface area is 86.2 Å². The molecule has 0 bridgehead atoms. The predicted molar refractivity (Wildman–Crippen MR) is 55.8 cm³/mol. The standard InChI is InChI=1S/C10H9N3S/c14-10-11-9(12-13-10)8-5-6-3-1-2-4-7(6)8/h1-4,8H,5H2,(H2,11,12,13,14). The minimum Gasteiger partial charge on any atom is -0.285 e. The maximum atomic E-state index is 4.92. The van der Waals surface area contributed by atoms with Crippen LogP contribution in [-0.2, 0) is 6.42 Å². The Bertz CT molecular complexity index is 526. The Kier molecular flexibility index (Phi) is 1.58. The Morgan fingerprint density at radius 2 is 2.14 bits per heavy atom. The number of fused-ring (bicyclic) bond motifs is 1. The minimum absolute atomic E-state index is 0.402. The fourth-order valence-electron chi connectivity index (χ4n) is 1.95. The number of rotatable bonds is 1. The van der Waals surface area contributed by atoms with E-state index in [1.54, 1.807) is 0 Å². The molecule has 70 valence electrons. The molecule has 1 aliphatic rings. The minimum atomic E-state index is 0.402. The maximum Gasteiger partial charge on any atom is 0.213 e. The molecule has 3 rings (SSSR count). The van der Waals surface area contributed by atoms with E-state index in [1.165, 1.54) is 11.1 Å². The second kappa shape index (κ2) is 2.78. The van der Waals surface area contributed by atoms with Crippen LogP contribution < -0.4 is 0 Å². The number of nitrogens with zero attached hydrogens (tertiary/aromatic N) is 1. The fourth-order valence-corrected chi connectivity index (χ4v) is 2.10. The van der Waals surface area contributed by atoms with Gasteiger partial charge >= 0.3 is 0 Å². The van der Waals surface area contributed by atoms with E-state index in [1.807, 2.05) is 0 Å². The molecule has 2 N–H and O–H groups in total. The zero-order chi connectivity index (χ0) is 9.54. The van der Waals surface area contributed by atoms with Crippen molar-refractivity contribution in [2.75, 3.05) is 0 Å². The fraction of sp³-hybridized carbons (Fsp3) is 0.200. The molecule has 0 aliphatic heterocycles. The molecule has 1 unspecified atom stereocenters. The van der Waals surface area contributed by atoms with E-state index in [2.05, 4.69) is 39.4 Å². The number of aromatic nitrogens is 3. The van der Waals surface area contributed by atoms with Gasteiger partial charge in [0.1, 0.15) is 5.82 Å². The lowest BCUT2D eigenvalue weighted by molar-refractivity contribution is 0.663. The SMILES string of the molecule is S=c1nc(C2Cc3ccccc32)[nH][nH]1. The lowest BCUT2D eigenvalue weighted by Gasteiger charge is -2.27. The molecule has 1 aliphatic carbocycles. The molecular formula is C10H9N3S. The molecule has 1 aromatic carbocycles. The van der Waals surface area contributed by atoms with Gasteiger partial charge in [-0.15, -0.1) is 0 Å². The van der Waals surface area contributed by atoms with Crippen LogP contribution in [0.1, 0.15) is 22.9 Å². The largest absolute Gasteiger partial charge is 0.285 e. The summed E-state index contributed by atoms with van der Waals surface area (Å²) >= 11 is 4.92. The summed E-state index contributed by atoms with van der Waals surface area (Å²) in [5, 5.41) is 5.84. The second-order valence-electron chi connectivity index (χ2n) is 3.51. The van der Waals surface area contributed by atoms with E-state index in [0.29, 0.717) is 10.7 Å². The zero-order valence-electron chi connectivity index (χ0n) is 7.45. The monoisotopic (exact) mass is 203 g/mol. The first kappa shape index (κ1) is 7.94. The van der Waals surface area contributed by atoms with Gasteiger partial charge in [-0.25, -0.2) is 4.98 Å². The summed E-state index contributed by atoms with van der Waals surface area (Å²) < 4.78 is 0.532. The van der Waals surface area contributed by atoms with Gasteiger partial charge < -0.3 is 0 Å². The van der Waals surface area contributed by atoms with Crippen LogP contribution in [0.15, 0.2) is 24.3 Å². The van der Waals surface area contributed by atoms with Crippen LogP contribution in [-0.4, -0.2) is 15.2 Å². The molecular weight excluding hydrogens is 194 g/mol. The van der Waals surface area contributed by atoms with Gasteiger partial charge in [0.25, 0.3) is 0 Å². The molecule has 0 saturated carbocycles. The summed E-state index contributed by atoms with van der Waals surface area (Å²) in [4.78, 5) is 4.24. The smallest absolute Gasteiger partial charge is 0.213 e. The molecule has 0 spiro atoms. The Morgan fingerprint density at radius 1 is 1.29 bits per heavy atom. The van der Waals surface area contributed by atoms with Crippen molar-refractivity contribution < 1.29 is 0 Å². The molecule has 0 amide bonds. The summed E-state index contributed by atoms with van der Waals surface area (Å²) in [5.41, 5.74) is 2.78. The van der Waals surface area contributed by atoms with Crippen molar-refractivity contribution >= 4 is 12.2 Å². The second-order valence-corrected chi connectivity index (χ2v) is 3.89. The van der Waals surface area contributed by atoms with Crippen LogP contribution in [0, 0.1) is 4.77 Å². The molecule has 1 heterocycles. The number of aromatic amines is 2.